The highest BCUT2D eigenvalue weighted by atomic mass is 32.2. The molecule has 5 nitrogen and oxygen atoms in total. The summed E-state index contributed by atoms with van der Waals surface area (Å²) in [6, 6.07) is 13.2. The van der Waals surface area contributed by atoms with Crippen molar-refractivity contribution in [1.29, 1.82) is 0 Å². The van der Waals surface area contributed by atoms with Gasteiger partial charge in [0, 0.05) is 22.9 Å². The van der Waals surface area contributed by atoms with Gasteiger partial charge < -0.3 is 0 Å². The largest absolute Gasteiger partial charge is 0.269 e. The first kappa shape index (κ1) is 13.8. The van der Waals surface area contributed by atoms with Gasteiger partial charge in [0.05, 0.1) is 9.82 Å². The number of hydrogen-bond donors (Lipinski definition) is 0. The van der Waals surface area contributed by atoms with E-state index in [4.69, 9.17) is 0 Å². The molecule has 0 amide bonds. The molecule has 0 heterocycles. The minimum atomic E-state index is -3.68. The smallest absolute Gasteiger partial charge is 0.258 e. The van der Waals surface area contributed by atoms with Crippen LogP contribution in [0.3, 0.4) is 0 Å². The Bertz CT molecular complexity index is 785. The highest BCUT2D eigenvalue weighted by Crippen LogP contribution is 2.12. The summed E-state index contributed by atoms with van der Waals surface area (Å²) < 4.78 is 23.8. The normalized spacial score (nSPS) is 10.4. The Morgan fingerprint density at radius 3 is 2.10 bits per heavy atom. The summed E-state index contributed by atoms with van der Waals surface area (Å²) in [5.41, 5.74) is 0.330. The fourth-order valence-electron chi connectivity index (χ4n) is 1.45. The van der Waals surface area contributed by atoms with Crippen molar-refractivity contribution >= 4 is 15.5 Å². The van der Waals surface area contributed by atoms with Gasteiger partial charge in [-0.25, -0.2) is 8.42 Å². The third-order valence-electron chi connectivity index (χ3n) is 2.46. The van der Waals surface area contributed by atoms with E-state index in [9.17, 15) is 18.5 Å². The van der Waals surface area contributed by atoms with E-state index in [2.05, 4.69) is 11.2 Å². The zero-order chi connectivity index (χ0) is 14.6. The lowest BCUT2D eigenvalue weighted by atomic mass is 10.2. The fourth-order valence-corrected chi connectivity index (χ4v) is 2.34. The first-order chi connectivity index (χ1) is 9.49. The maximum absolute atomic E-state index is 11.9. The Kier molecular flexibility index (Phi) is 3.82. The lowest BCUT2D eigenvalue weighted by molar-refractivity contribution is -0.384. The molecule has 0 saturated carbocycles. The van der Waals surface area contributed by atoms with Crippen molar-refractivity contribution in [3.63, 3.8) is 0 Å². The molecule has 0 aliphatic carbocycles. The van der Waals surface area contributed by atoms with Gasteiger partial charge in [-0.3, -0.25) is 10.1 Å². The van der Waals surface area contributed by atoms with Gasteiger partial charge in [0.1, 0.15) is 0 Å². The number of nitrogens with zero attached hydrogens (tertiary/aromatic N) is 1. The minimum Gasteiger partial charge on any atom is -0.258 e. The molecule has 6 heteroatoms. The third-order valence-corrected chi connectivity index (χ3v) is 3.72. The molecule has 0 fully saturated rings. The molecule has 2 rings (SSSR count). The number of rotatable bonds is 2. The summed E-state index contributed by atoms with van der Waals surface area (Å²) >= 11 is 0. The number of nitro groups is 1. The van der Waals surface area contributed by atoms with Crippen molar-refractivity contribution in [3.05, 3.63) is 70.3 Å². The quantitative estimate of drug-likeness (QED) is 0.482. The van der Waals surface area contributed by atoms with E-state index in [0.717, 1.165) is 0 Å². The Morgan fingerprint density at radius 2 is 1.55 bits per heavy atom. The van der Waals surface area contributed by atoms with Gasteiger partial charge in [-0.2, -0.15) is 0 Å². The Balaban J connectivity index is 2.29. The average Bonchev–Trinajstić information content (AvgIpc) is 2.46. The van der Waals surface area contributed by atoms with E-state index >= 15 is 0 Å². The van der Waals surface area contributed by atoms with E-state index in [-0.39, 0.29) is 10.6 Å². The number of hydrogen-bond acceptors (Lipinski definition) is 4. The van der Waals surface area contributed by atoms with Crippen LogP contribution < -0.4 is 0 Å². The second-order valence-electron chi connectivity index (χ2n) is 3.85. The first-order valence-corrected chi connectivity index (χ1v) is 7.05. The Hall–Kier alpha value is -2.65. The number of nitro benzene ring substituents is 1. The molecule has 0 aliphatic heterocycles. The lowest BCUT2D eigenvalue weighted by Crippen LogP contribution is -1.96. The number of sulfone groups is 1. The lowest BCUT2D eigenvalue weighted by Gasteiger charge is -1.95. The van der Waals surface area contributed by atoms with Gasteiger partial charge in [0.25, 0.3) is 5.69 Å². The monoisotopic (exact) mass is 287 g/mol. The molecule has 0 saturated heterocycles. The van der Waals surface area contributed by atoms with E-state index in [1.54, 1.807) is 18.2 Å². The molecular formula is C14H9NO4S. The Morgan fingerprint density at radius 1 is 0.950 bits per heavy atom. The highest BCUT2D eigenvalue weighted by molar-refractivity contribution is 7.96. The van der Waals surface area contributed by atoms with Crippen molar-refractivity contribution in [2.24, 2.45) is 0 Å². The summed E-state index contributed by atoms with van der Waals surface area (Å²) in [4.78, 5) is 10.1. The van der Waals surface area contributed by atoms with Crippen LogP contribution in [0.2, 0.25) is 0 Å². The number of non-ortho nitro benzene ring substituents is 1. The third kappa shape index (κ3) is 3.22. The molecule has 2 aromatic carbocycles. The maximum atomic E-state index is 11.9. The number of benzene rings is 2. The van der Waals surface area contributed by atoms with Crippen LogP contribution in [0.15, 0.2) is 59.5 Å². The van der Waals surface area contributed by atoms with Crippen LogP contribution in [0.1, 0.15) is 5.56 Å². The molecule has 20 heavy (non-hydrogen) atoms. The predicted molar refractivity (Wildman–Crippen MR) is 73.6 cm³/mol. The van der Waals surface area contributed by atoms with Gasteiger partial charge in [-0.1, -0.05) is 18.2 Å². The molecule has 0 spiro atoms. The molecule has 0 unspecified atom stereocenters. The van der Waals surface area contributed by atoms with Crippen molar-refractivity contribution in [3.8, 4) is 11.2 Å². The zero-order valence-electron chi connectivity index (χ0n) is 10.2. The van der Waals surface area contributed by atoms with E-state index < -0.39 is 14.8 Å². The first-order valence-electron chi connectivity index (χ1n) is 5.56. The van der Waals surface area contributed by atoms with Gasteiger partial charge >= 0.3 is 0 Å². The second-order valence-corrected chi connectivity index (χ2v) is 5.53. The van der Waals surface area contributed by atoms with Crippen LogP contribution in [-0.2, 0) is 9.84 Å². The van der Waals surface area contributed by atoms with Crippen molar-refractivity contribution in [2.75, 3.05) is 0 Å². The second kappa shape index (κ2) is 5.55. The van der Waals surface area contributed by atoms with Crippen LogP contribution >= 0.6 is 0 Å². The molecule has 100 valence electrons. The van der Waals surface area contributed by atoms with Crippen LogP contribution in [-0.4, -0.2) is 13.3 Å². The maximum Gasteiger partial charge on any atom is 0.269 e. The van der Waals surface area contributed by atoms with Crippen molar-refractivity contribution < 1.29 is 13.3 Å². The topological polar surface area (TPSA) is 77.3 Å². The predicted octanol–water partition coefficient (Wildman–Crippen LogP) is 2.38. The van der Waals surface area contributed by atoms with Gasteiger partial charge in [-0.05, 0) is 30.2 Å². The zero-order valence-corrected chi connectivity index (χ0v) is 11.0. The molecular weight excluding hydrogens is 278 g/mol. The summed E-state index contributed by atoms with van der Waals surface area (Å²) in [6.45, 7) is 0. The highest BCUT2D eigenvalue weighted by Gasteiger charge is 2.09. The molecule has 0 N–H and O–H groups in total. The standard InChI is InChI=1S/C14H9NO4S/c16-15(17)13-8-6-12(7-9-13)10-11-20(18,19)14-4-2-1-3-5-14/h1-9H. The fraction of sp³-hybridized carbons (Fsp3) is 0. The van der Waals surface area contributed by atoms with Crippen molar-refractivity contribution in [1.82, 2.24) is 0 Å². The van der Waals surface area contributed by atoms with E-state index in [1.807, 2.05) is 0 Å². The van der Waals surface area contributed by atoms with Crippen LogP contribution in [0.4, 0.5) is 5.69 Å². The van der Waals surface area contributed by atoms with E-state index in [1.165, 1.54) is 36.4 Å². The average molecular weight is 287 g/mol. The molecule has 0 bridgehead atoms. The van der Waals surface area contributed by atoms with Crippen molar-refractivity contribution in [2.45, 2.75) is 4.90 Å². The minimum absolute atomic E-state index is 0.0681. The SMILES string of the molecule is O=[N+]([O-])c1ccc(C#CS(=O)(=O)c2ccccc2)cc1. The Labute approximate surface area is 115 Å². The van der Waals surface area contributed by atoms with Crippen LogP contribution in [0.25, 0.3) is 0 Å². The summed E-state index contributed by atoms with van der Waals surface area (Å²) in [6.07, 6.45) is 0. The van der Waals surface area contributed by atoms with E-state index in [0.29, 0.717) is 5.56 Å². The summed E-state index contributed by atoms with van der Waals surface area (Å²) in [7, 11) is -3.68. The molecule has 0 aromatic heterocycles. The summed E-state index contributed by atoms with van der Waals surface area (Å²) in [5, 5.41) is 12.7. The molecule has 0 atom stereocenters. The van der Waals surface area contributed by atoms with Gasteiger partial charge in [0.2, 0.25) is 9.84 Å². The van der Waals surface area contributed by atoms with Gasteiger partial charge in [-0.15, -0.1) is 0 Å². The van der Waals surface area contributed by atoms with Crippen LogP contribution in [0, 0.1) is 21.3 Å². The van der Waals surface area contributed by atoms with Crippen LogP contribution in [0.5, 0.6) is 0 Å². The molecule has 2 aromatic rings. The molecule has 0 aliphatic rings. The van der Waals surface area contributed by atoms with Gasteiger partial charge in [0.15, 0.2) is 0 Å². The summed E-state index contributed by atoms with van der Waals surface area (Å²) in [5.74, 6) is 2.49. The molecule has 0 radical (unpaired) electrons.